The van der Waals surface area contributed by atoms with Crippen LogP contribution in [-0.2, 0) is 6.61 Å². The molecule has 1 saturated heterocycles. The molecule has 1 aromatic carbocycles. The van der Waals surface area contributed by atoms with Gasteiger partial charge in [-0.3, -0.25) is 4.79 Å². The van der Waals surface area contributed by atoms with Crippen LogP contribution >= 0.6 is 11.3 Å². The van der Waals surface area contributed by atoms with Gasteiger partial charge in [0.15, 0.2) is 0 Å². The number of rotatable bonds is 7. The highest BCUT2D eigenvalue weighted by Crippen LogP contribution is 2.25. The summed E-state index contributed by atoms with van der Waals surface area (Å²) in [6.45, 7) is 5.07. The predicted octanol–water partition coefficient (Wildman–Crippen LogP) is 3.49. The monoisotopic (exact) mass is 373 g/mol. The number of aromatic nitrogens is 1. The number of nitrogens with zero attached hydrogens (tertiary/aromatic N) is 2. The molecule has 1 aliphatic heterocycles. The molecule has 0 bridgehead atoms. The quantitative estimate of drug-likeness (QED) is 0.807. The van der Waals surface area contributed by atoms with Crippen LogP contribution in [0.1, 0.15) is 40.3 Å². The van der Waals surface area contributed by atoms with Gasteiger partial charge < -0.3 is 15.0 Å². The summed E-state index contributed by atoms with van der Waals surface area (Å²) < 4.78 is 5.91. The number of thiazole rings is 1. The molecule has 1 aliphatic rings. The number of hydrogen-bond acceptors (Lipinski definition) is 5. The first-order valence-electron chi connectivity index (χ1n) is 9.24. The number of aryl methyl sites for hydroxylation is 1. The third-order valence-electron chi connectivity index (χ3n) is 4.86. The molecule has 2 aromatic rings. The number of nitrogens with one attached hydrogen (secondary N) is 1. The van der Waals surface area contributed by atoms with Gasteiger partial charge in [0, 0.05) is 18.5 Å². The topological polar surface area (TPSA) is 54.5 Å². The highest BCUT2D eigenvalue weighted by molar-refractivity contribution is 7.09. The lowest BCUT2D eigenvalue weighted by Crippen LogP contribution is -2.39. The third-order valence-corrected chi connectivity index (χ3v) is 5.69. The number of benzene rings is 1. The summed E-state index contributed by atoms with van der Waals surface area (Å²) in [4.78, 5) is 19.4. The number of ether oxygens (including phenoxy) is 1. The number of para-hydroxylation sites is 1. The largest absolute Gasteiger partial charge is 0.486 e. The molecule has 140 valence electrons. The molecule has 6 heteroatoms. The lowest BCUT2D eigenvalue weighted by Gasteiger charge is -2.32. The third kappa shape index (κ3) is 4.83. The van der Waals surface area contributed by atoms with Gasteiger partial charge in [-0.1, -0.05) is 12.1 Å². The van der Waals surface area contributed by atoms with Gasteiger partial charge in [0.05, 0.1) is 16.3 Å². The number of carbonyl (C=O) groups excluding carboxylic acids is 1. The normalized spacial score (nSPS) is 15.2. The van der Waals surface area contributed by atoms with E-state index in [1.165, 1.54) is 6.42 Å². The molecule has 5 nitrogen and oxygen atoms in total. The standard InChI is InChI=1S/C20H27N3O2S/c1-15-22-17(14-26-15)13-25-19-6-4-3-5-18(19)20(24)23-11-8-16(9-12-23)7-10-21-2/h3-6,14,16,21H,7-13H2,1-2H3. The van der Waals surface area contributed by atoms with Crippen molar-refractivity contribution in [3.63, 3.8) is 0 Å². The van der Waals surface area contributed by atoms with Crippen LogP contribution in [0.25, 0.3) is 0 Å². The van der Waals surface area contributed by atoms with Crippen LogP contribution in [0.3, 0.4) is 0 Å². The van der Waals surface area contributed by atoms with E-state index in [1.807, 2.05) is 48.5 Å². The Bertz CT molecular complexity index is 723. The van der Waals surface area contributed by atoms with Crippen LogP contribution in [0.2, 0.25) is 0 Å². The highest BCUT2D eigenvalue weighted by Gasteiger charge is 2.25. The molecule has 3 rings (SSSR count). The SMILES string of the molecule is CNCCC1CCN(C(=O)c2ccccc2OCc2csc(C)n2)CC1. The maximum absolute atomic E-state index is 13.0. The predicted molar refractivity (Wildman–Crippen MR) is 105 cm³/mol. The lowest BCUT2D eigenvalue weighted by atomic mass is 9.93. The average Bonchev–Trinajstić information content (AvgIpc) is 3.10. The maximum atomic E-state index is 13.0. The zero-order valence-corrected chi connectivity index (χ0v) is 16.3. The Morgan fingerprint density at radius 1 is 1.35 bits per heavy atom. The highest BCUT2D eigenvalue weighted by atomic mass is 32.1. The van der Waals surface area contributed by atoms with E-state index in [0.717, 1.165) is 43.2 Å². The second-order valence-corrected chi connectivity index (χ2v) is 7.83. The molecule has 1 N–H and O–H groups in total. The lowest BCUT2D eigenvalue weighted by molar-refractivity contribution is 0.0682. The van der Waals surface area contributed by atoms with E-state index >= 15 is 0 Å². The zero-order valence-electron chi connectivity index (χ0n) is 15.5. The summed E-state index contributed by atoms with van der Waals surface area (Å²) in [5.41, 5.74) is 1.55. The van der Waals surface area contributed by atoms with E-state index in [2.05, 4.69) is 10.3 Å². The van der Waals surface area contributed by atoms with Gasteiger partial charge >= 0.3 is 0 Å². The molecular formula is C20H27N3O2S. The summed E-state index contributed by atoms with van der Waals surface area (Å²) in [5, 5.41) is 6.23. The number of carbonyl (C=O) groups is 1. The first kappa shape index (κ1) is 18.9. The molecule has 1 fully saturated rings. The van der Waals surface area contributed by atoms with Gasteiger partial charge in [-0.25, -0.2) is 4.98 Å². The summed E-state index contributed by atoms with van der Waals surface area (Å²) in [6.07, 6.45) is 3.34. The molecule has 0 atom stereocenters. The van der Waals surface area contributed by atoms with Crippen molar-refractivity contribution < 1.29 is 9.53 Å². The van der Waals surface area contributed by atoms with E-state index in [9.17, 15) is 4.79 Å². The van der Waals surface area contributed by atoms with Crippen molar-refractivity contribution in [2.24, 2.45) is 5.92 Å². The average molecular weight is 374 g/mol. The van der Waals surface area contributed by atoms with E-state index < -0.39 is 0 Å². The summed E-state index contributed by atoms with van der Waals surface area (Å²) >= 11 is 1.61. The molecule has 0 aliphatic carbocycles. The van der Waals surface area contributed by atoms with E-state index in [-0.39, 0.29) is 5.91 Å². The van der Waals surface area contributed by atoms with Crippen molar-refractivity contribution in [3.8, 4) is 5.75 Å². The van der Waals surface area contributed by atoms with Crippen LogP contribution in [-0.4, -0.2) is 42.5 Å². The van der Waals surface area contributed by atoms with E-state index in [0.29, 0.717) is 23.8 Å². The molecule has 26 heavy (non-hydrogen) atoms. The Morgan fingerprint density at radius 3 is 2.81 bits per heavy atom. The molecule has 2 heterocycles. The van der Waals surface area contributed by atoms with Crippen molar-refractivity contribution in [3.05, 3.63) is 45.9 Å². The Hall–Kier alpha value is -1.92. The van der Waals surface area contributed by atoms with E-state index in [4.69, 9.17) is 4.74 Å². The fraction of sp³-hybridized carbons (Fsp3) is 0.500. The van der Waals surface area contributed by atoms with Crippen molar-refractivity contribution in [1.29, 1.82) is 0 Å². The minimum absolute atomic E-state index is 0.0714. The van der Waals surface area contributed by atoms with Gasteiger partial charge in [0.1, 0.15) is 12.4 Å². The second kappa shape index (κ2) is 9.14. The fourth-order valence-electron chi connectivity index (χ4n) is 3.34. The summed E-state index contributed by atoms with van der Waals surface area (Å²) in [7, 11) is 1.99. The van der Waals surface area contributed by atoms with Gasteiger partial charge in [-0.15, -0.1) is 11.3 Å². The van der Waals surface area contributed by atoms with Crippen molar-refractivity contribution in [2.45, 2.75) is 32.8 Å². The van der Waals surface area contributed by atoms with Gasteiger partial charge in [-0.05, 0) is 57.8 Å². The Kier molecular flexibility index (Phi) is 6.63. The smallest absolute Gasteiger partial charge is 0.257 e. The molecular weight excluding hydrogens is 346 g/mol. The number of amides is 1. The Morgan fingerprint density at radius 2 is 2.12 bits per heavy atom. The minimum Gasteiger partial charge on any atom is -0.486 e. The number of likely N-dealkylation sites (tertiary alicyclic amines) is 1. The summed E-state index contributed by atoms with van der Waals surface area (Å²) in [6, 6.07) is 7.53. The number of hydrogen-bond donors (Lipinski definition) is 1. The molecule has 0 unspecified atom stereocenters. The van der Waals surface area contributed by atoms with Crippen LogP contribution in [0.5, 0.6) is 5.75 Å². The summed E-state index contributed by atoms with van der Waals surface area (Å²) in [5.74, 6) is 1.42. The van der Waals surface area contributed by atoms with E-state index in [1.54, 1.807) is 11.3 Å². The maximum Gasteiger partial charge on any atom is 0.257 e. The zero-order chi connectivity index (χ0) is 18.4. The van der Waals surface area contributed by atoms with Crippen molar-refractivity contribution >= 4 is 17.2 Å². The van der Waals surface area contributed by atoms with Crippen LogP contribution in [0.15, 0.2) is 29.6 Å². The van der Waals surface area contributed by atoms with Gasteiger partial charge in [0.25, 0.3) is 5.91 Å². The number of piperidine rings is 1. The minimum atomic E-state index is 0.0714. The molecule has 0 spiro atoms. The first-order valence-corrected chi connectivity index (χ1v) is 10.1. The molecule has 0 radical (unpaired) electrons. The van der Waals surface area contributed by atoms with Crippen LogP contribution in [0.4, 0.5) is 0 Å². The van der Waals surface area contributed by atoms with Crippen molar-refractivity contribution in [1.82, 2.24) is 15.2 Å². The van der Waals surface area contributed by atoms with Crippen molar-refractivity contribution in [2.75, 3.05) is 26.7 Å². The Labute approximate surface area is 159 Å². The Balaban J connectivity index is 1.61. The fourth-order valence-corrected chi connectivity index (χ4v) is 3.94. The first-order chi connectivity index (χ1) is 12.7. The molecule has 1 amide bonds. The van der Waals surface area contributed by atoms with Crippen LogP contribution in [0, 0.1) is 12.8 Å². The van der Waals surface area contributed by atoms with Crippen LogP contribution < -0.4 is 10.1 Å². The van der Waals surface area contributed by atoms with Gasteiger partial charge in [0.2, 0.25) is 0 Å². The molecule has 1 aromatic heterocycles. The van der Waals surface area contributed by atoms with Gasteiger partial charge in [-0.2, -0.15) is 0 Å². The molecule has 0 saturated carbocycles. The second-order valence-electron chi connectivity index (χ2n) is 6.77.